The summed E-state index contributed by atoms with van der Waals surface area (Å²) in [5.74, 6) is -0.0228. The third kappa shape index (κ3) is 3.90. The van der Waals surface area contributed by atoms with E-state index in [2.05, 4.69) is 45.1 Å². The Labute approximate surface area is 172 Å². The highest BCUT2D eigenvalue weighted by atomic mass is 16.1. The van der Waals surface area contributed by atoms with Gasteiger partial charge in [0.25, 0.3) is 5.91 Å². The number of amides is 1. The molecule has 1 atom stereocenters. The number of aryl methyl sites for hydroxylation is 3. The van der Waals surface area contributed by atoms with Gasteiger partial charge in [0.15, 0.2) is 0 Å². The summed E-state index contributed by atoms with van der Waals surface area (Å²) in [6, 6.07) is 14.4. The molecule has 2 heterocycles. The van der Waals surface area contributed by atoms with Crippen molar-refractivity contribution >= 4 is 11.6 Å². The fourth-order valence-corrected chi connectivity index (χ4v) is 4.17. The molecule has 1 unspecified atom stereocenters. The summed E-state index contributed by atoms with van der Waals surface area (Å²) in [6.07, 6.45) is 3.85. The second kappa shape index (κ2) is 7.74. The van der Waals surface area contributed by atoms with Crippen LogP contribution in [0.2, 0.25) is 0 Å². The van der Waals surface area contributed by atoms with E-state index in [9.17, 15) is 4.79 Å². The lowest BCUT2D eigenvalue weighted by Crippen LogP contribution is -2.32. The molecule has 1 aliphatic heterocycles. The Morgan fingerprint density at radius 2 is 1.79 bits per heavy atom. The monoisotopic (exact) mass is 388 g/mol. The Balaban J connectivity index is 1.64. The van der Waals surface area contributed by atoms with E-state index >= 15 is 0 Å². The molecule has 0 saturated heterocycles. The largest absolute Gasteiger partial charge is 0.378 e. The van der Waals surface area contributed by atoms with Crippen molar-refractivity contribution in [3.05, 3.63) is 71.2 Å². The number of carbonyl (C=O) groups is 1. The molecule has 1 amide bonds. The van der Waals surface area contributed by atoms with Gasteiger partial charge >= 0.3 is 0 Å². The SMILES string of the molecule is Cc1cc(C)cc(C(=O)NC2CCCn3cnc(-c4ccc(N(C)C)cc4)c32)c1. The molecule has 2 aromatic carbocycles. The topological polar surface area (TPSA) is 50.2 Å². The average Bonchev–Trinajstić information content (AvgIpc) is 3.12. The van der Waals surface area contributed by atoms with Gasteiger partial charge < -0.3 is 14.8 Å². The molecule has 1 aliphatic rings. The Bertz CT molecular complexity index is 1010. The van der Waals surface area contributed by atoms with Crippen molar-refractivity contribution in [2.45, 2.75) is 39.3 Å². The van der Waals surface area contributed by atoms with Crippen LogP contribution in [0.4, 0.5) is 5.69 Å². The van der Waals surface area contributed by atoms with Gasteiger partial charge in [-0.25, -0.2) is 4.98 Å². The number of hydrogen-bond acceptors (Lipinski definition) is 3. The van der Waals surface area contributed by atoms with E-state index in [1.807, 2.05) is 46.4 Å². The van der Waals surface area contributed by atoms with Crippen LogP contribution >= 0.6 is 0 Å². The number of hydrogen-bond donors (Lipinski definition) is 1. The summed E-state index contributed by atoms with van der Waals surface area (Å²) in [5.41, 5.74) is 7.22. The van der Waals surface area contributed by atoms with Crippen LogP contribution in [-0.2, 0) is 6.54 Å². The van der Waals surface area contributed by atoms with E-state index in [1.54, 1.807) is 0 Å². The Hall–Kier alpha value is -3.08. The van der Waals surface area contributed by atoms with E-state index < -0.39 is 0 Å². The molecule has 4 rings (SSSR count). The number of rotatable bonds is 4. The summed E-state index contributed by atoms with van der Waals surface area (Å²) in [6.45, 7) is 4.98. The molecule has 0 fully saturated rings. The Morgan fingerprint density at radius 1 is 1.10 bits per heavy atom. The smallest absolute Gasteiger partial charge is 0.251 e. The summed E-state index contributed by atoms with van der Waals surface area (Å²) in [4.78, 5) is 19.8. The number of aromatic nitrogens is 2. The normalized spacial score (nSPS) is 15.7. The van der Waals surface area contributed by atoms with Gasteiger partial charge in [-0.2, -0.15) is 0 Å². The second-order valence-corrected chi connectivity index (χ2v) is 8.16. The van der Waals surface area contributed by atoms with Crippen LogP contribution in [0.3, 0.4) is 0 Å². The maximum absolute atomic E-state index is 13.0. The minimum absolute atomic E-state index is 0.0228. The van der Waals surface area contributed by atoms with Crippen LogP contribution in [0.1, 0.15) is 46.1 Å². The highest BCUT2D eigenvalue weighted by Crippen LogP contribution is 2.34. The zero-order valence-corrected chi connectivity index (χ0v) is 17.6. The molecule has 5 nitrogen and oxygen atoms in total. The lowest BCUT2D eigenvalue weighted by Gasteiger charge is -2.26. The van der Waals surface area contributed by atoms with Crippen LogP contribution in [0.5, 0.6) is 0 Å². The van der Waals surface area contributed by atoms with Gasteiger partial charge in [0, 0.05) is 37.5 Å². The standard InChI is InChI=1S/C24H28N4O/c1-16-12-17(2)14-19(13-16)24(29)26-21-6-5-11-28-15-25-22(23(21)28)18-7-9-20(10-8-18)27(3)4/h7-10,12-15,21H,5-6,11H2,1-4H3,(H,26,29). The highest BCUT2D eigenvalue weighted by Gasteiger charge is 2.27. The number of fused-ring (bicyclic) bond motifs is 1. The Morgan fingerprint density at radius 3 is 2.45 bits per heavy atom. The summed E-state index contributed by atoms with van der Waals surface area (Å²) < 4.78 is 2.19. The molecule has 150 valence electrons. The molecule has 0 bridgehead atoms. The van der Waals surface area contributed by atoms with Crippen molar-refractivity contribution in [1.82, 2.24) is 14.9 Å². The molecule has 5 heteroatoms. The van der Waals surface area contributed by atoms with Gasteiger partial charge in [-0.3, -0.25) is 4.79 Å². The third-order valence-corrected chi connectivity index (χ3v) is 5.55. The lowest BCUT2D eigenvalue weighted by molar-refractivity contribution is 0.0929. The highest BCUT2D eigenvalue weighted by molar-refractivity contribution is 5.95. The number of imidazole rings is 1. The number of anilines is 1. The maximum atomic E-state index is 13.0. The lowest BCUT2D eigenvalue weighted by atomic mass is 9.98. The van der Waals surface area contributed by atoms with Crippen molar-refractivity contribution in [2.24, 2.45) is 0 Å². The van der Waals surface area contributed by atoms with Gasteiger partial charge in [0.05, 0.1) is 23.8 Å². The van der Waals surface area contributed by atoms with Crippen molar-refractivity contribution < 1.29 is 4.79 Å². The van der Waals surface area contributed by atoms with Crippen molar-refractivity contribution in [1.29, 1.82) is 0 Å². The van der Waals surface area contributed by atoms with Gasteiger partial charge in [-0.1, -0.05) is 29.3 Å². The molecular formula is C24H28N4O. The first kappa shape index (κ1) is 19.2. The second-order valence-electron chi connectivity index (χ2n) is 8.16. The zero-order chi connectivity index (χ0) is 20.5. The van der Waals surface area contributed by atoms with Gasteiger partial charge in [-0.15, -0.1) is 0 Å². The summed E-state index contributed by atoms with van der Waals surface area (Å²) in [5, 5.41) is 3.26. The molecule has 3 aromatic rings. The molecule has 0 radical (unpaired) electrons. The van der Waals surface area contributed by atoms with E-state index in [1.165, 1.54) is 0 Å². The quantitative estimate of drug-likeness (QED) is 0.716. The molecule has 0 saturated carbocycles. The predicted molar refractivity (Wildman–Crippen MR) is 117 cm³/mol. The first-order valence-corrected chi connectivity index (χ1v) is 10.1. The molecule has 0 aliphatic carbocycles. The van der Waals surface area contributed by atoms with Gasteiger partial charge in [0.1, 0.15) is 0 Å². The van der Waals surface area contributed by atoms with E-state index in [4.69, 9.17) is 4.98 Å². The molecule has 1 aromatic heterocycles. The maximum Gasteiger partial charge on any atom is 0.251 e. The fraction of sp³-hybridized carbons (Fsp3) is 0.333. The van der Waals surface area contributed by atoms with Gasteiger partial charge in [0.2, 0.25) is 0 Å². The Kier molecular flexibility index (Phi) is 5.14. The van der Waals surface area contributed by atoms with Crippen LogP contribution in [0.15, 0.2) is 48.8 Å². The number of nitrogens with one attached hydrogen (secondary N) is 1. The number of benzene rings is 2. The average molecular weight is 389 g/mol. The van der Waals surface area contributed by atoms with Crippen LogP contribution in [-0.4, -0.2) is 29.6 Å². The molecule has 0 spiro atoms. The van der Waals surface area contributed by atoms with E-state index in [-0.39, 0.29) is 11.9 Å². The van der Waals surface area contributed by atoms with Crippen LogP contribution in [0.25, 0.3) is 11.3 Å². The van der Waals surface area contributed by atoms with Crippen LogP contribution in [0, 0.1) is 13.8 Å². The third-order valence-electron chi connectivity index (χ3n) is 5.55. The summed E-state index contributed by atoms with van der Waals surface area (Å²) in [7, 11) is 4.07. The van der Waals surface area contributed by atoms with Crippen molar-refractivity contribution in [3.63, 3.8) is 0 Å². The fourth-order valence-electron chi connectivity index (χ4n) is 4.17. The van der Waals surface area contributed by atoms with Crippen LogP contribution < -0.4 is 10.2 Å². The zero-order valence-electron chi connectivity index (χ0n) is 17.6. The predicted octanol–water partition coefficient (Wildman–Crippen LogP) is 4.50. The minimum Gasteiger partial charge on any atom is -0.378 e. The summed E-state index contributed by atoms with van der Waals surface area (Å²) >= 11 is 0. The van der Waals surface area contributed by atoms with Crippen molar-refractivity contribution in [3.8, 4) is 11.3 Å². The first-order valence-electron chi connectivity index (χ1n) is 10.1. The minimum atomic E-state index is -0.0388. The molecule has 29 heavy (non-hydrogen) atoms. The number of carbonyl (C=O) groups excluding carboxylic acids is 1. The van der Waals surface area contributed by atoms with Crippen molar-refractivity contribution in [2.75, 3.05) is 19.0 Å². The molecule has 1 N–H and O–H groups in total. The van der Waals surface area contributed by atoms with E-state index in [0.29, 0.717) is 0 Å². The first-order chi connectivity index (χ1) is 13.9. The van der Waals surface area contributed by atoms with Gasteiger partial charge in [-0.05, 0) is 51.0 Å². The van der Waals surface area contributed by atoms with E-state index in [0.717, 1.165) is 58.7 Å². The number of nitrogens with zero attached hydrogens (tertiary/aromatic N) is 3. The molecular weight excluding hydrogens is 360 g/mol.